The molecule has 9 nitrogen and oxygen atoms in total. The Balaban J connectivity index is 1.40. The lowest BCUT2D eigenvalue weighted by Crippen LogP contribution is -2.23. The molecule has 1 aliphatic rings. The van der Waals surface area contributed by atoms with Gasteiger partial charge in [0.25, 0.3) is 5.56 Å². The summed E-state index contributed by atoms with van der Waals surface area (Å²) in [6, 6.07) is 7.31. The van der Waals surface area contributed by atoms with E-state index in [-0.39, 0.29) is 17.4 Å². The Hall–Kier alpha value is -4.22. The zero-order valence-corrected chi connectivity index (χ0v) is 18.3. The first-order chi connectivity index (χ1) is 16.7. The average Bonchev–Trinajstić information content (AvgIpc) is 3.34. The van der Waals surface area contributed by atoms with E-state index in [1.807, 2.05) is 12.1 Å². The fourth-order valence-electron chi connectivity index (χ4n) is 4.73. The first-order valence-corrected chi connectivity index (χ1v) is 10.9. The van der Waals surface area contributed by atoms with Gasteiger partial charge in [0.1, 0.15) is 6.54 Å². The van der Waals surface area contributed by atoms with Gasteiger partial charge in [0.15, 0.2) is 5.65 Å². The Labute approximate surface area is 194 Å². The van der Waals surface area contributed by atoms with E-state index in [0.717, 1.165) is 22.2 Å². The smallest absolute Gasteiger partial charge is 0.313 e. The summed E-state index contributed by atoms with van der Waals surface area (Å²) in [5, 5.41) is 9.22. The van der Waals surface area contributed by atoms with Gasteiger partial charge in [-0.05, 0) is 42.9 Å². The van der Waals surface area contributed by atoms with E-state index < -0.39 is 24.0 Å². The molecule has 4 heterocycles. The van der Waals surface area contributed by atoms with Gasteiger partial charge in [-0.3, -0.25) is 14.5 Å². The fourth-order valence-corrected chi connectivity index (χ4v) is 4.73. The number of nitrogens with one attached hydrogen (secondary N) is 2. The largest absolute Gasteiger partial charge is 0.408 e. The molecular weight excluding hydrogens is 463 g/mol. The molecule has 0 spiro atoms. The predicted molar refractivity (Wildman–Crippen MR) is 120 cm³/mol. The van der Waals surface area contributed by atoms with Crippen molar-refractivity contribution in [2.45, 2.75) is 37.9 Å². The quantitative estimate of drug-likeness (QED) is 0.409. The number of halogens is 3. The number of aromatic amines is 2. The lowest BCUT2D eigenvalue weighted by molar-refractivity contribution is -0.141. The molecule has 6 rings (SSSR count). The Kier molecular flexibility index (Phi) is 4.50. The number of rotatable bonds is 4. The van der Waals surface area contributed by atoms with Crippen LogP contribution in [-0.2, 0) is 6.54 Å². The topological polar surface area (TPSA) is 114 Å². The van der Waals surface area contributed by atoms with Crippen LogP contribution >= 0.6 is 0 Å². The van der Waals surface area contributed by atoms with E-state index in [4.69, 9.17) is 0 Å². The highest BCUT2D eigenvalue weighted by Gasteiger charge is 2.42. The first-order valence-electron chi connectivity index (χ1n) is 10.9. The SMILES string of the molecule is Cc1nn(CC(F)(F)F)c2cc([C@H]3C[C@@H]3c3cc(-c4c[nH]c(=O)[nH]c4=O)nn4ccnc34)ccc12. The van der Waals surface area contributed by atoms with Crippen LogP contribution in [0, 0.1) is 6.92 Å². The van der Waals surface area contributed by atoms with E-state index in [1.54, 1.807) is 36.0 Å². The number of aromatic nitrogens is 7. The highest BCUT2D eigenvalue weighted by Crippen LogP contribution is 2.56. The molecule has 35 heavy (non-hydrogen) atoms. The highest BCUT2D eigenvalue weighted by molar-refractivity contribution is 5.83. The van der Waals surface area contributed by atoms with E-state index in [9.17, 15) is 22.8 Å². The summed E-state index contributed by atoms with van der Waals surface area (Å²) in [4.78, 5) is 32.8. The van der Waals surface area contributed by atoms with Gasteiger partial charge in [-0.15, -0.1) is 0 Å². The summed E-state index contributed by atoms with van der Waals surface area (Å²) >= 11 is 0. The molecule has 12 heteroatoms. The molecular formula is C23H18F3N7O2. The number of imidazole rings is 1. The molecule has 5 aromatic rings. The van der Waals surface area contributed by atoms with Crippen molar-refractivity contribution in [1.82, 2.24) is 34.3 Å². The fraction of sp³-hybridized carbons (Fsp3) is 0.261. The number of H-pyrrole nitrogens is 2. The number of fused-ring (bicyclic) bond motifs is 2. The maximum atomic E-state index is 13.1. The number of hydrogen-bond donors (Lipinski definition) is 2. The third-order valence-corrected chi connectivity index (χ3v) is 6.39. The zero-order valence-electron chi connectivity index (χ0n) is 18.3. The van der Waals surface area contributed by atoms with Crippen LogP contribution in [0.1, 0.15) is 35.1 Å². The molecule has 2 N–H and O–H groups in total. The second-order valence-electron chi connectivity index (χ2n) is 8.75. The van der Waals surface area contributed by atoms with E-state index in [1.165, 1.54) is 6.20 Å². The van der Waals surface area contributed by atoms with Gasteiger partial charge in [-0.1, -0.05) is 12.1 Å². The Bertz CT molecular complexity index is 1730. The third-order valence-electron chi connectivity index (χ3n) is 6.39. The highest BCUT2D eigenvalue weighted by atomic mass is 19.4. The summed E-state index contributed by atoms with van der Waals surface area (Å²) in [6.07, 6.45) is 0.992. The molecule has 0 aliphatic heterocycles. The minimum absolute atomic E-state index is 0.0426. The van der Waals surface area contributed by atoms with Crippen molar-refractivity contribution in [1.29, 1.82) is 0 Å². The van der Waals surface area contributed by atoms with Crippen molar-refractivity contribution in [3.05, 3.63) is 80.5 Å². The molecule has 4 aromatic heterocycles. The maximum Gasteiger partial charge on any atom is 0.408 e. The van der Waals surface area contributed by atoms with Crippen molar-refractivity contribution < 1.29 is 13.2 Å². The molecule has 178 valence electrons. The summed E-state index contributed by atoms with van der Waals surface area (Å²) in [5.41, 5.74) is 2.84. The molecule has 0 bridgehead atoms. The molecule has 1 fully saturated rings. The van der Waals surface area contributed by atoms with Gasteiger partial charge in [0, 0.05) is 29.5 Å². The van der Waals surface area contributed by atoms with Gasteiger partial charge in [0.2, 0.25) is 0 Å². The summed E-state index contributed by atoms with van der Waals surface area (Å²) in [7, 11) is 0. The monoisotopic (exact) mass is 481 g/mol. The van der Waals surface area contributed by atoms with Gasteiger partial charge in [0.05, 0.1) is 22.5 Å². The van der Waals surface area contributed by atoms with Crippen LogP contribution in [0.2, 0.25) is 0 Å². The van der Waals surface area contributed by atoms with E-state index in [2.05, 4.69) is 25.1 Å². The van der Waals surface area contributed by atoms with Gasteiger partial charge in [-0.25, -0.2) is 14.3 Å². The number of nitrogens with zero attached hydrogens (tertiary/aromatic N) is 5. The molecule has 1 aromatic carbocycles. The number of hydrogen-bond acceptors (Lipinski definition) is 5. The van der Waals surface area contributed by atoms with Crippen molar-refractivity contribution in [3.8, 4) is 11.3 Å². The van der Waals surface area contributed by atoms with Gasteiger partial charge >= 0.3 is 11.9 Å². The Morgan fingerprint density at radius 1 is 1.14 bits per heavy atom. The molecule has 0 amide bonds. The third kappa shape index (κ3) is 3.70. The lowest BCUT2D eigenvalue weighted by atomic mass is 10.0. The molecule has 0 radical (unpaired) electrons. The number of benzene rings is 1. The first kappa shape index (κ1) is 21.3. The molecule has 0 unspecified atom stereocenters. The Morgan fingerprint density at radius 2 is 1.97 bits per heavy atom. The zero-order chi connectivity index (χ0) is 24.5. The van der Waals surface area contributed by atoms with Crippen molar-refractivity contribution in [3.63, 3.8) is 0 Å². The minimum atomic E-state index is -4.37. The van der Waals surface area contributed by atoms with Crippen LogP contribution in [0.4, 0.5) is 13.2 Å². The van der Waals surface area contributed by atoms with Crippen LogP contribution in [0.5, 0.6) is 0 Å². The van der Waals surface area contributed by atoms with E-state index >= 15 is 0 Å². The van der Waals surface area contributed by atoms with Crippen molar-refractivity contribution in [2.24, 2.45) is 0 Å². The van der Waals surface area contributed by atoms with Crippen molar-refractivity contribution in [2.75, 3.05) is 0 Å². The average molecular weight is 481 g/mol. The summed E-state index contributed by atoms with van der Waals surface area (Å²) in [6.45, 7) is 0.547. The minimum Gasteiger partial charge on any atom is -0.313 e. The number of aryl methyl sites for hydroxylation is 1. The van der Waals surface area contributed by atoms with Crippen LogP contribution in [0.3, 0.4) is 0 Å². The predicted octanol–water partition coefficient (Wildman–Crippen LogP) is 3.26. The number of alkyl halides is 3. The normalized spacial score (nSPS) is 17.9. The van der Waals surface area contributed by atoms with Gasteiger partial charge < -0.3 is 4.98 Å². The van der Waals surface area contributed by atoms with Crippen LogP contribution in [0.25, 0.3) is 27.8 Å². The second-order valence-corrected chi connectivity index (χ2v) is 8.75. The lowest BCUT2D eigenvalue weighted by Gasteiger charge is -2.09. The maximum absolute atomic E-state index is 13.1. The van der Waals surface area contributed by atoms with Crippen LogP contribution in [-0.4, -0.2) is 40.5 Å². The summed E-state index contributed by atoms with van der Waals surface area (Å²) < 4.78 is 41.8. The molecule has 2 atom stereocenters. The standard InChI is InChI=1S/C23H18F3N7O2/c1-11-13-3-2-12(6-19(13)33(30-11)10-23(24,25)26)14-7-15(14)16-8-18(31-32-5-4-27-20(16)32)17-9-28-22(35)29-21(17)34/h2-6,8-9,14-15H,7,10H2,1H3,(H2,28,29,34,35)/t14-,15+/m1/s1. The Morgan fingerprint density at radius 3 is 2.74 bits per heavy atom. The van der Waals surface area contributed by atoms with Crippen molar-refractivity contribution >= 4 is 16.6 Å². The van der Waals surface area contributed by atoms with Crippen LogP contribution < -0.4 is 11.2 Å². The molecule has 1 saturated carbocycles. The summed E-state index contributed by atoms with van der Waals surface area (Å²) in [5.74, 6) is 0.111. The molecule has 1 aliphatic carbocycles. The van der Waals surface area contributed by atoms with Gasteiger partial charge in [-0.2, -0.15) is 23.4 Å². The van der Waals surface area contributed by atoms with Crippen LogP contribution in [0.15, 0.2) is 52.4 Å². The second kappa shape index (κ2) is 7.39. The van der Waals surface area contributed by atoms with E-state index in [0.29, 0.717) is 27.9 Å². The molecule has 0 saturated heterocycles.